The van der Waals surface area contributed by atoms with Crippen LogP contribution in [0.25, 0.3) is 0 Å². The molecule has 0 saturated heterocycles. The molecule has 112 valence electrons. The first-order valence-corrected chi connectivity index (χ1v) is 6.90. The summed E-state index contributed by atoms with van der Waals surface area (Å²) in [7, 11) is 1.63. The van der Waals surface area contributed by atoms with Gasteiger partial charge in [-0.15, -0.1) is 0 Å². The van der Waals surface area contributed by atoms with Gasteiger partial charge in [0.1, 0.15) is 18.1 Å². The third-order valence-electron chi connectivity index (χ3n) is 3.17. The van der Waals surface area contributed by atoms with Crippen molar-refractivity contribution in [2.24, 2.45) is 5.73 Å². The minimum Gasteiger partial charge on any atom is -0.497 e. The molecule has 1 aromatic carbocycles. The summed E-state index contributed by atoms with van der Waals surface area (Å²) in [6, 6.07) is 10.7. The van der Waals surface area contributed by atoms with Crippen molar-refractivity contribution < 1.29 is 9.47 Å². The van der Waals surface area contributed by atoms with Crippen LogP contribution in [0.5, 0.6) is 11.5 Å². The molecule has 0 unspecified atom stereocenters. The summed E-state index contributed by atoms with van der Waals surface area (Å²) < 4.78 is 12.6. The lowest BCUT2D eigenvalue weighted by atomic mass is 10.1. The lowest BCUT2D eigenvalue weighted by Crippen LogP contribution is -2.21. The zero-order chi connectivity index (χ0) is 15.1. The Balaban J connectivity index is 2.02. The van der Waals surface area contributed by atoms with Gasteiger partial charge < -0.3 is 19.8 Å². The van der Waals surface area contributed by atoms with E-state index < -0.39 is 0 Å². The van der Waals surface area contributed by atoms with E-state index in [9.17, 15) is 4.79 Å². The molecule has 2 N–H and O–H groups in total. The maximum Gasteiger partial charge on any atom is 0.250 e. The van der Waals surface area contributed by atoms with Crippen LogP contribution < -0.4 is 20.8 Å². The van der Waals surface area contributed by atoms with Crippen molar-refractivity contribution >= 4 is 0 Å². The van der Waals surface area contributed by atoms with Crippen LogP contribution >= 0.6 is 0 Å². The van der Waals surface area contributed by atoms with E-state index in [0.29, 0.717) is 19.7 Å². The number of benzene rings is 1. The summed E-state index contributed by atoms with van der Waals surface area (Å²) in [6.07, 6.45) is 2.47. The largest absolute Gasteiger partial charge is 0.497 e. The number of ether oxygens (including phenoxy) is 2. The average molecular weight is 288 g/mol. The van der Waals surface area contributed by atoms with Crippen LogP contribution in [0.1, 0.15) is 5.56 Å². The van der Waals surface area contributed by atoms with Gasteiger partial charge in [0.2, 0.25) is 0 Å². The molecule has 2 aromatic rings. The van der Waals surface area contributed by atoms with Crippen molar-refractivity contribution in [1.29, 1.82) is 0 Å². The number of methoxy groups -OCH3 is 1. The highest BCUT2D eigenvalue weighted by molar-refractivity contribution is 5.40. The summed E-state index contributed by atoms with van der Waals surface area (Å²) in [5, 5.41) is 0. The smallest absolute Gasteiger partial charge is 0.250 e. The van der Waals surface area contributed by atoms with Crippen molar-refractivity contribution in [3.05, 3.63) is 58.5 Å². The molecular weight excluding hydrogens is 268 g/mol. The maximum absolute atomic E-state index is 11.6. The van der Waals surface area contributed by atoms with E-state index >= 15 is 0 Å². The molecule has 0 aliphatic rings. The van der Waals surface area contributed by atoms with Gasteiger partial charge >= 0.3 is 0 Å². The molecule has 5 nitrogen and oxygen atoms in total. The van der Waals surface area contributed by atoms with E-state index in [1.54, 1.807) is 23.9 Å². The molecule has 0 radical (unpaired) electrons. The van der Waals surface area contributed by atoms with Gasteiger partial charge in [0.15, 0.2) is 0 Å². The molecule has 0 bridgehead atoms. The fourth-order valence-corrected chi connectivity index (χ4v) is 2.07. The molecule has 0 aliphatic heterocycles. The van der Waals surface area contributed by atoms with E-state index in [1.807, 2.05) is 24.3 Å². The molecule has 1 aromatic heterocycles. The molecule has 0 atom stereocenters. The Morgan fingerprint density at radius 2 is 2.10 bits per heavy atom. The van der Waals surface area contributed by atoms with Crippen LogP contribution in [-0.4, -0.2) is 24.8 Å². The molecule has 1 heterocycles. The SMILES string of the molecule is COc1ccc(OCCn2ccccc2=O)c(CCN)c1. The average Bonchev–Trinajstić information content (AvgIpc) is 2.51. The summed E-state index contributed by atoms with van der Waals surface area (Å²) >= 11 is 0. The van der Waals surface area contributed by atoms with Gasteiger partial charge in [-0.3, -0.25) is 4.79 Å². The van der Waals surface area contributed by atoms with Crippen LogP contribution in [0.2, 0.25) is 0 Å². The zero-order valence-corrected chi connectivity index (χ0v) is 12.1. The normalized spacial score (nSPS) is 10.4. The van der Waals surface area contributed by atoms with Crippen molar-refractivity contribution in [3.8, 4) is 11.5 Å². The number of hydrogen-bond donors (Lipinski definition) is 1. The molecule has 0 fully saturated rings. The second-order valence-electron chi connectivity index (χ2n) is 4.59. The first kappa shape index (κ1) is 15.1. The minimum absolute atomic E-state index is 0.0296. The van der Waals surface area contributed by atoms with Crippen LogP contribution in [0, 0.1) is 0 Å². The number of aromatic nitrogens is 1. The second-order valence-corrected chi connectivity index (χ2v) is 4.59. The predicted octanol–water partition coefficient (Wildman–Crippen LogP) is 1.44. The van der Waals surface area contributed by atoms with E-state index in [0.717, 1.165) is 23.5 Å². The topological polar surface area (TPSA) is 66.5 Å². The fraction of sp³-hybridized carbons (Fsp3) is 0.312. The predicted molar refractivity (Wildman–Crippen MR) is 81.9 cm³/mol. The molecule has 5 heteroatoms. The molecule has 0 amide bonds. The highest BCUT2D eigenvalue weighted by Crippen LogP contribution is 2.24. The number of nitrogens with zero attached hydrogens (tertiary/aromatic N) is 1. The molecule has 21 heavy (non-hydrogen) atoms. The zero-order valence-electron chi connectivity index (χ0n) is 12.1. The van der Waals surface area contributed by atoms with Crippen LogP contribution in [0.4, 0.5) is 0 Å². The quantitative estimate of drug-likeness (QED) is 0.837. The Kier molecular flexibility index (Phi) is 5.40. The van der Waals surface area contributed by atoms with Gasteiger partial charge in [0.25, 0.3) is 5.56 Å². The molecular formula is C16H20N2O3. The summed E-state index contributed by atoms with van der Waals surface area (Å²) in [5.74, 6) is 1.57. The van der Waals surface area contributed by atoms with Crippen LogP contribution in [0.15, 0.2) is 47.4 Å². The standard InChI is InChI=1S/C16H20N2O3/c1-20-14-5-6-15(13(12-14)7-8-17)21-11-10-18-9-3-2-4-16(18)19/h2-6,9,12H,7-8,10-11,17H2,1H3. The molecule has 0 spiro atoms. The Hall–Kier alpha value is -2.27. The highest BCUT2D eigenvalue weighted by atomic mass is 16.5. The van der Waals surface area contributed by atoms with E-state index in [2.05, 4.69) is 0 Å². The number of nitrogens with two attached hydrogens (primary N) is 1. The van der Waals surface area contributed by atoms with Gasteiger partial charge in [0.05, 0.1) is 13.7 Å². The first-order valence-electron chi connectivity index (χ1n) is 6.90. The van der Waals surface area contributed by atoms with Gasteiger partial charge in [-0.1, -0.05) is 6.07 Å². The number of hydrogen-bond acceptors (Lipinski definition) is 4. The Morgan fingerprint density at radius 3 is 2.81 bits per heavy atom. The summed E-state index contributed by atoms with van der Waals surface area (Å²) in [5.41, 5.74) is 6.60. The van der Waals surface area contributed by atoms with Gasteiger partial charge in [-0.25, -0.2) is 0 Å². The van der Waals surface area contributed by atoms with Crippen molar-refractivity contribution in [3.63, 3.8) is 0 Å². The monoisotopic (exact) mass is 288 g/mol. The second kappa shape index (κ2) is 7.50. The first-order chi connectivity index (χ1) is 10.2. The molecule has 0 saturated carbocycles. The minimum atomic E-state index is -0.0296. The molecule has 0 aliphatic carbocycles. The maximum atomic E-state index is 11.6. The van der Waals surface area contributed by atoms with Crippen molar-refractivity contribution in [2.45, 2.75) is 13.0 Å². The number of pyridine rings is 1. The van der Waals surface area contributed by atoms with Crippen molar-refractivity contribution in [2.75, 3.05) is 20.3 Å². The van der Waals surface area contributed by atoms with Crippen LogP contribution in [0.3, 0.4) is 0 Å². The third-order valence-corrected chi connectivity index (χ3v) is 3.17. The van der Waals surface area contributed by atoms with E-state index in [-0.39, 0.29) is 5.56 Å². The Morgan fingerprint density at radius 1 is 1.24 bits per heavy atom. The number of rotatable bonds is 7. The van der Waals surface area contributed by atoms with Crippen LogP contribution in [-0.2, 0) is 13.0 Å². The Labute approximate surface area is 123 Å². The molecule has 2 rings (SSSR count). The lowest BCUT2D eigenvalue weighted by molar-refractivity contribution is 0.293. The van der Waals surface area contributed by atoms with E-state index in [1.165, 1.54) is 6.07 Å². The van der Waals surface area contributed by atoms with Gasteiger partial charge in [-0.05, 0) is 42.8 Å². The summed E-state index contributed by atoms with van der Waals surface area (Å²) in [4.78, 5) is 11.6. The fourth-order valence-electron chi connectivity index (χ4n) is 2.07. The Bertz CT molecular complexity index is 637. The lowest BCUT2D eigenvalue weighted by Gasteiger charge is -2.13. The van der Waals surface area contributed by atoms with Crippen molar-refractivity contribution in [1.82, 2.24) is 4.57 Å². The van der Waals surface area contributed by atoms with Gasteiger partial charge in [0, 0.05) is 12.3 Å². The van der Waals surface area contributed by atoms with E-state index in [4.69, 9.17) is 15.2 Å². The third kappa shape index (κ3) is 4.10. The van der Waals surface area contributed by atoms with Gasteiger partial charge in [-0.2, -0.15) is 0 Å². The highest BCUT2D eigenvalue weighted by Gasteiger charge is 2.05. The summed E-state index contributed by atoms with van der Waals surface area (Å²) in [6.45, 7) is 1.48.